The first-order chi connectivity index (χ1) is 10.6. The van der Waals surface area contributed by atoms with Gasteiger partial charge in [-0.2, -0.15) is 0 Å². The molecule has 6 heteroatoms. The first-order valence-electron chi connectivity index (χ1n) is 7.68. The quantitative estimate of drug-likeness (QED) is 0.845. The molecule has 2 amide bonds. The van der Waals surface area contributed by atoms with Crippen molar-refractivity contribution >= 4 is 6.03 Å². The van der Waals surface area contributed by atoms with Crippen molar-refractivity contribution in [1.82, 2.24) is 15.5 Å². The number of carbonyl (C=O) groups excluding carboxylic acids is 1. The van der Waals surface area contributed by atoms with Gasteiger partial charge in [-0.15, -0.1) is 0 Å². The van der Waals surface area contributed by atoms with Crippen molar-refractivity contribution in [3.05, 3.63) is 29.6 Å². The molecule has 1 atom stereocenters. The van der Waals surface area contributed by atoms with Crippen molar-refractivity contribution in [3.8, 4) is 5.75 Å². The van der Waals surface area contributed by atoms with E-state index in [2.05, 4.69) is 15.5 Å². The summed E-state index contributed by atoms with van der Waals surface area (Å²) in [4.78, 5) is 13.7. The van der Waals surface area contributed by atoms with Gasteiger partial charge in [0.15, 0.2) is 0 Å². The van der Waals surface area contributed by atoms with Crippen molar-refractivity contribution in [3.63, 3.8) is 0 Å². The van der Waals surface area contributed by atoms with Gasteiger partial charge < -0.3 is 15.4 Å². The second kappa shape index (κ2) is 7.98. The molecule has 0 unspecified atom stereocenters. The van der Waals surface area contributed by atoms with Crippen LogP contribution >= 0.6 is 0 Å². The number of ether oxygens (including phenoxy) is 1. The first-order valence-corrected chi connectivity index (χ1v) is 7.68. The lowest BCUT2D eigenvalue weighted by atomic mass is 10.1. The molecule has 122 valence electrons. The predicted octanol–water partition coefficient (Wildman–Crippen LogP) is 1.98. The van der Waals surface area contributed by atoms with Crippen LogP contribution in [-0.4, -0.2) is 44.2 Å². The lowest BCUT2D eigenvalue weighted by molar-refractivity contribution is 0.239. The molecule has 1 aliphatic rings. The zero-order valence-electron chi connectivity index (χ0n) is 13.2. The van der Waals surface area contributed by atoms with E-state index in [1.54, 1.807) is 13.2 Å². The molecule has 0 bridgehead atoms. The number of hydrogen-bond donors (Lipinski definition) is 2. The predicted molar refractivity (Wildman–Crippen MR) is 83.4 cm³/mol. The third-order valence-electron chi connectivity index (χ3n) is 3.90. The molecule has 1 heterocycles. The van der Waals surface area contributed by atoms with Crippen molar-refractivity contribution in [2.24, 2.45) is 5.92 Å². The summed E-state index contributed by atoms with van der Waals surface area (Å²) in [6.45, 7) is 5.69. The Morgan fingerprint density at radius 3 is 3.00 bits per heavy atom. The number of carbonyl (C=O) groups is 1. The SMILES string of the molecule is CCNC(=O)NC[C@@H]1CCN(Cc2cc(F)ccc2OC)C1. The number of urea groups is 1. The summed E-state index contributed by atoms with van der Waals surface area (Å²) < 4.78 is 18.7. The fourth-order valence-electron chi connectivity index (χ4n) is 2.79. The lowest BCUT2D eigenvalue weighted by Gasteiger charge is -2.18. The number of hydrogen-bond acceptors (Lipinski definition) is 3. The van der Waals surface area contributed by atoms with Crippen LogP contribution in [0.15, 0.2) is 18.2 Å². The van der Waals surface area contributed by atoms with Crippen LogP contribution in [0.5, 0.6) is 5.75 Å². The van der Waals surface area contributed by atoms with Gasteiger partial charge in [-0.3, -0.25) is 4.90 Å². The Morgan fingerprint density at radius 2 is 2.27 bits per heavy atom. The Morgan fingerprint density at radius 1 is 1.45 bits per heavy atom. The number of nitrogens with one attached hydrogen (secondary N) is 2. The fraction of sp³-hybridized carbons (Fsp3) is 0.562. The molecule has 1 aromatic rings. The summed E-state index contributed by atoms with van der Waals surface area (Å²) in [6, 6.07) is 4.48. The summed E-state index contributed by atoms with van der Waals surface area (Å²) in [5.41, 5.74) is 0.861. The molecule has 1 saturated heterocycles. The molecule has 0 radical (unpaired) electrons. The van der Waals surface area contributed by atoms with Crippen LogP contribution in [0, 0.1) is 11.7 Å². The molecule has 1 aromatic carbocycles. The average Bonchev–Trinajstić information content (AvgIpc) is 2.93. The van der Waals surface area contributed by atoms with Crippen LogP contribution in [0.25, 0.3) is 0 Å². The number of likely N-dealkylation sites (tertiary alicyclic amines) is 1. The summed E-state index contributed by atoms with van der Waals surface area (Å²) >= 11 is 0. The van der Waals surface area contributed by atoms with E-state index >= 15 is 0 Å². The van der Waals surface area contributed by atoms with Gasteiger partial charge in [0.25, 0.3) is 0 Å². The van der Waals surface area contributed by atoms with Gasteiger partial charge in [0.1, 0.15) is 11.6 Å². The van der Waals surface area contributed by atoms with Crippen molar-refractivity contribution < 1.29 is 13.9 Å². The van der Waals surface area contributed by atoms with Gasteiger partial charge in [-0.05, 0) is 44.0 Å². The van der Waals surface area contributed by atoms with Gasteiger partial charge in [-0.1, -0.05) is 0 Å². The van der Waals surface area contributed by atoms with Gasteiger partial charge >= 0.3 is 6.03 Å². The van der Waals surface area contributed by atoms with E-state index in [1.165, 1.54) is 12.1 Å². The topological polar surface area (TPSA) is 53.6 Å². The Bertz CT molecular complexity index is 510. The molecule has 2 rings (SSSR count). The average molecular weight is 309 g/mol. The second-order valence-electron chi connectivity index (χ2n) is 5.59. The molecule has 22 heavy (non-hydrogen) atoms. The molecule has 1 fully saturated rings. The molecular weight excluding hydrogens is 285 g/mol. The number of halogens is 1. The number of rotatable bonds is 6. The third-order valence-corrected chi connectivity index (χ3v) is 3.90. The highest BCUT2D eigenvalue weighted by molar-refractivity contribution is 5.73. The van der Waals surface area contributed by atoms with Gasteiger partial charge in [0, 0.05) is 31.7 Å². The minimum atomic E-state index is -0.246. The van der Waals surface area contributed by atoms with Gasteiger partial charge in [-0.25, -0.2) is 9.18 Å². The number of methoxy groups -OCH3 is 1. The van der Waals surface area contributed by atoms with E-state index in [1.807, 2.05) is 6.92 Å². The minimum absolute atomic E-state index is 0.118. The Hall–Kier alpha value is -1.82. The first kappa shape index (κ1) is 16.5. The number of amides is 2. The highest BCUT2D eigenvalue weighted by Crippen LogP contribution is 2.24. The lowest BCUT2D eigenvalue weighted by Crippen LogP contribution is -2.38. The van der Waals surface area contributed by atoms with E-state index < -0.39 is 0 Å². The monoisotopic (exact) mass is 309 g/mol. The molecule has 0 aliphatic carbocycles. The maximum absolute atomic E-state index is 13.4. The smallest absolute Gasteiger partial charge is 0.314 e. The van der Waals surface area contributed by atoms with Crippen LogP contribution in [0.4, 0.5) is 9.18 Å². The number of nitrogens with zero attached hydrogens (tertiary/aromatic N) is 1. The van der Waals surface area contributed by atoms with E-state index in [0.29, 0.717) is 31.3 Å². The van der Waals surface area contributed by atoms with Gasteiger partial charge in [0.05, 0.1) is 7.11 Å². The van der Waals surface area contributed by atoms with E-state index in [0.717, 1.165) is 25.1 Å². The molecule has 0 saturated carbocycles. The molecular formula is C16H24FN3O2. The Labute approximate surface area is 130 Å². The minimum Gasteiger partial charge on any atom is -0.496 e. The van der Waals surface area contributed by atoms with Crippen LogP contribution in [-0.2, 0) is 6.54 Å². The van der Waals surface area contributed by atoms with Crippen LogP contribution < -0.4 is 15.4 Å². The van der Waals surface area contributed by atoms with Crippen LogP contribution in [0.3, 0.4) is 0 Å². The summed E-state index contributed by atoms with van der Waals surface area (Å²) in [5, 5.41) is 5.60. The van der Waals surface area contributed by atoms with E-state index in [4.69, 9.17) is 4.74 Å². The van der Waals surface area contributed by atoms with E-state index in [9.17, 15) is 9.18 Å². The van der Waals surface area contributed by atoms with Crippen molar-refractivity contribution in [2.45, 2.75) is 19.9 Å². The molecule has 5 nitrogen and oxygen atoms in total. The Kier molecular flexibility index (Phi) is 6.00. The maximum Gasteiger partial charge on any atom is 0.314 e. The van der Waals surface area contributed by atoms with Crippen molar-refractivity contribution in [2.75, 3.05) is 33.3 Å². The summed E-state index contributed by atoms with van der Waals surface area (Å²) in [6.07, 6.45) is 1.03. The van der Waals surface area contributed by atoms with Gasteiger partial charge in [0.2, 0.25) is 0 Å². The van der Waals surface area contributed by atoms with E-state index in [-0.39, 0.29) is 11.8 Å². The molecule has 1 aliphatic heterocycles. The highest BCUT2D eigenvalue weighted by Gasteiger charge is 2.23. The van der Waals surface area contributed by atoms with Crippen LogP contribution in [0.2, 0.25) is 0 Å². The second-order valence-corrected chi connectivity index (χ2v) is 5.59. The summed E-state index contributed by atoms with van der Waals surface area (Å²) in [7, 11) is 1.60. The fourth-order valence-corrected chi connectivity index (χ4v) is 2.79. The largest absolute Gasteiger partial charge is 0.496 e. The zero-order valence-corrected chi connectivity index (χ0v) is 13.2. The zero-order chi connectivity index (χ0) is 15.9. The maximum atomic E-state index is 13.4. The highest BCUT2D eigenvalue weighted by atomic mass is 19.1. The Balaban J connectivity index is 1.83. The molecule has 2 N–H and O–H groups in total. The molecule has 0 spiro atoms. The third kappa shape index (κ3) is 4.59. The van der Waals surface area contributed by atoms with Crippen LogP contribution in [0.1, 0.15) is 18.9 Å². The summed E-state index contributed by atoms with van der Waals surface area (Å²) in [5.74, 6) is 0.900. The normalized spacial score (nSPS) is 18.2. The van der Waals surface area contributed by atoms with Crippen molar-refractivity contribution in [1.29, 1.82) is 0 Å². The standard InChI is InChI=1S/C16H24FN3O2/c1-3-18-16(21)19-9-12-6-7-20(10-12)11-13-8-14(17)4-5-15(13)22-2/h4-5,8,12H,3,6-7,9-11H2,1-2H3,(H2,18,19,21)/t12-/m0/s1. The molecule has 0 aromatic heterocycles. The number of benzene rings is 1.